The molecule has 1 saturated heterocycles. The molecule has 0 N–H and O–H groups in total. The molecule has 1 heterocycles. The number of carbonyl (C=O) groups is 2. The van der Waals surface area contributed by atoms with E-state index in [0.717, 1.165) is 0 Å². The van der Waals surface area contributed by atoms with Gasteiger partial charge in [-0.05, 0) is 5.56 Å². The van der Waals surface area contributed by atoms with E-state index < -0.39 is 16.8 Å². The van der Waals surface area contributed by atoms with Gasteiger partial charge in [0, 0.05) is 12.1 Å². The molecule has 2 aliphatic rings. The Hall–Kier alpha value is -2.76. The zero-order valence-corrected chi connectivity index (χ0v) is 11.0. The van der Waals surface area contributed by atoms with Crippen molar-refractivity contribution < 1.29 is 14.5 Å². The molecule has 6 heteroatoms. The average Bonchev–Trinajstić information content (AvgIpc) is 2.73. The third-order valence-electron chi connectivity index (χ3n) is 3.73. The first-order chi connectivity index (χ1) is 10.1. The van der Waals surface area contributed by atoms with Crippen molar-refractivity contribution in [3.8, 4) is 0 Å². The number of nitro groups is 1. The van der Waals surface area contributed by atoms with Crippen molar-refractivity contribution in [3.05, 3.63) is 64.2 Å². The zero-order valence-electron chi connectivity index (χ0n) is 11.0. The van der Waals surface area contributed by atoms with E-state index in [2.05, 4.69) is 0 Å². The number of carbonyl (C=O) groups excluding carboxylic acids is 2. The van der Waals surface area contributed by atoms with Crippen LogP contribution in [-0.2, 0) is 16.1 Å². The van der Waals surface area contributed by atoms with Crippen LogP contribution in [0.2, 0.25) is 0 Å². The van der Waals surface area contributed by atoms with Crippen LogP contribution in [0.5, 0.6) is 0 Å². The van der Waals surface area contributed by atoms with E-state index >= 15 is 0 Å². The SMILES string of the molecule is O=C1[C@@H]2C=CC=C[C@H]2C(=O)N1Cc1ccc([N+](=O)[O-])cc1. The molecule has 0 aromatic heterocycles. The third kappa shape index (κ3) is 2.24. The maximum atomic E-state index is 12.2. The van der Waals surface area contributed by atoms with Gasteiger partial charge in [-0.15, -0.1) is 0 Å². The molecule has 6 nitrogen and oxygen atoms in total. The number of imide groups is 1. The summed E-state index contributed by atoms with van der Waals surface area (Å²) in [5, 5.41) is 10.6. The highest BCUT2D eigenvalue weighted by Crippen LogP contribution is 2.32. The van der Waals surface area contributed by atoms with E-state index in [9.17, 15) is 19.7 Å². The molecule has 1 aliphatic carbocycles. The van der Waals surface area contributed by atoms with E-state index in [0.29, 0.717) is 5.56 Å². The number of rotatable bonds is 3. The van der Waals surface area contributed by atoms with Gasteiger partial charge in [-0.2, -0.15) is 0 Å². The van der Waals surface area contributed by atoms with Crippen LogP contribution in [0.4, 0.5) is 5.69 Å². The Morgan fingerprint density at radius 3 is 2.00 bits per heavy atom. The number of nitrogens with zero attached hydrogens (tertiary/aromatic N) is 2. The van der Waals surface area contributed by atoms with Crippen molar-refractivity contribution in [2.24, 2.45) is 11.8 Å². The van der Waals surface area contributed by atoms with Gasteiger partial charge in [-0.1, -0.05) is 36.4 Å². The molecule has 0 radical (unpaired) electrons. The molecule has 0 bridgehead atoms. The molecule has 1 aliphatic heterocycles. The Kier molecular flexibility index (Phi) is 3.13. The summed E-state index contributed by atoms with van der Waals surface area (Å²) >= 11 is 0. The van der Waals surface area contributed by atoms with Crippen molar-refractivity contribution in [2.75, 3.05) is 0 Å². The van der Waals surface area contributed by atoms with E-state index in [4.69, 9.17) is 0 Å². The van der Waals surface area contributed by atoms with E-state index in [-0.39, 0.29) is 24.0 Å². The van der Waals surface area contributed by atoms with Gasteiger partial charge in [0.15, 0.2) is 0 Å². The van der Waals surface area contributed by atoms with Crippen molar-refractivity contribution in [1.82, 2.24) is 4.90 Å². The minimum Gasteiger partial charge on any atom is -0.277 e. The van der Waals surface area contributed by atoms with Crippen LogP contribution in [0.1, 0.15) is 5.56 Å². The lowest BCUT2D eigenvalue weighted by Gasteiger charge is -2.14. The molecule has 2 atom stereocenters. The van der Waals surface area contributed by atoms with E-state index in [1.54, 1.807) is 36.4 Å². The molecule has 1 aromatic rings. The fraction of sp³-hybridized carbons (Fsp3) is 0.200. The fourth-order valence-electron chi connectivity index (χ4n) is 2.61. The highest BCUT2D eigenvalue weighted by Gasteiger charge is 2.45. The zero-order chi connectivity index (χ0) is 15.0. The normalized spacial score (nSPS) is 23.5. The fourth-order valence-corrected chi connectivity index (χ4v) is 2.61. The van der Waals surface area contributed by atoms with E-state index in [1.807, 2.05) is 0 Å². The van der Waals surface area contributed by atoms with Crippen molar-refractivity contribution in [2.45, 2.75) is 6.54 Å². The number of likely N-dealkylation sites (tertiary alicyclic amines) is 1. The second kappa shape index (κ2) is 4.97. The number of benzene rings is 1. The summed E-state index contributed by atoms with van der Waals surface area (Å²) in [7, 11) is 0. The van der Waals surface area contributed by atoms with E-state index in [1.165, 1.54) is 17.0 Å². The summed E-state index contributed by atoms with van der Waals surface area (Å²) in [5.74, 6) is -1.27. The second-order valence-corrected chi connectivity index (χ2v) is 5.01. The Morgan fingerprint density at radius 2 is 1.52 bits per heavy atom. The van der Waals surface area contributed by atoms with Crippen LogP contribution in [0.3, 0.4) is 0 Å². The van der Waals surface area contributed by atoms with Crippen LogP contribution >= 0.6 is 0 Å². The molecule has 3 rings (SSSR count). The number of nitro benzene ring substituents is 1. The summed E-state index contributed by atoms with van der Waals surface area (Å²) in [6.07, 6.45) is 7.00. The van der Waals surface area contributed by atoms with Gasteiger partial charge in [0.2, 0.25) is 11.8 Å². The van der Waals surface area contributed by atoms with Crippen LogP contribution in [0, 0.1) is 22.0 Å². The number of amides is 2. The summed E-state index contributed by atoms with van der Waals surface area (Å²) in [5.41, 5.74) is 0.672. The van der Waals surface area contributed by atoms with Gasteiger partial charge in [0.25, 0.3) is 5.69 Å². The van der Waals surface area contributed by atoms with Crippen molar-refractivity contribution in [3.63, 3.8) is 0 Å². The summed E-state index contributed by atoms with van der Waals surface area (Å²) < 4.78 is 0. The largest absolute Gasteiger partial charge is 0.277 e. The lowest BCUT2D eigenvalue weighted by Crippen LogP contribution is -2.30. The standard InChI is InChI=1S/C15H12N2O4/c18-14-12-3-1-2-4-13(12)15(19)16(14)9-10-5-7-11(8-6-10)17(20)21/h1-8,12-13H,9H2/t12-,13-/m1/s1. The second-order valence-electron chi connectivity index (χ2n) is 5.01. The smallest absolute Gasteiger partial charge is 0.269 e. The molecule has 0 unspecified atom stereocenters. The molecule has 1 fully saturated rings. The average molecular weight is 284 g/mol. The van der Waals surface area contributed by atoms with Gasteiger partial charge in [0.05, 0.1) is 23.3 Å². The highest BCUT2D eigenvalue weighted by molar-refractivity contribution is 6.07. The summed E-state index contributed by atoms with van der Waals surface area (Å²) in [4.78, 5) is 35.8. The molecule has 106 valence electrons. The number of non-ortho nitro benzene ring substituents is 1. The number of allylic oxidation sites excluding steroid dienone is 2. The molecular weight excluding hydrogens is 272 g/mol. The van der Waals surface area contributed by atoms with Crippen LogP contribution in [-0.4, -0.2) is 21.6 Å². The van der Waals surface area contributed by atoms with Crippen LogP contribution < -0.4 is 0 Å². The molecule has 0 saturated carbocycles. The van der Waals surface area contributed by atoms with Crippen LogP contribution in [0.25, 0.3) is 0 Å². The maximum absolute atomic E-state index is 12.2. The first-order valence-electron chi connectivity index (χ1n) is 6.51. The predicted octanol–water partition coefficient (Wildman–Crippen LogP) is 1.82. The highest BCUT2D eigenvalue weighted by atomic mass is 16.6. The third-order valence-corrected chi connectivity index (χ3v) is 3.73. The van der Waals surface area contributed by atoms with Gasteiger partial charge in [0.1, 0.15) is 0 Å². The topological polar surface area (TPSA) is 80.5 Å². The number of fused-ring (bicyclic) bond motifs is 1. The molecule has 1 aromatic carbocycles. The lowest BCUT2D eigenvalue weighted by molar-refractivity contribution is -0.384. The lowest BCUT2D eigenvalue weighted by atomic mass is 9.91. The Balaban J connectivity index is 1.80. The monoisotopic (exact) mass is 284 g/mol. The number of hydrogen-bond donors (Lipinski definition) is 0. The Labute approximate surface area is 120 Å². The maximum Gasteiger partial charge on any atom is 0.269 e. The molecule has 2 amide bonds. The quantitative estimate of drug-likeness (QED) is 0.481. The predicted molar refractivity (Wildman–Crippen MR) is 73.9 cm³/mol. The molecule has 0 spiro atoms. The van der Waals surface area contributed by atoms with Crippen molar-refractivity contribution >= 4 is 17.5 Å². The first-order valence-corrected chi connectivity index (χ1v) is 6.51. The summed E-state index contributed by atoms with van der Waals surface area (Å²) in [6, 6.07) is 5.86. The van der Waals surface area contributed by atoms with Gasteiger partial charge < -0.3 is 0 Å². The minimum absolute atomic E-state index is 0.0163. The number of hydrogen-bond acceptors (Lipinski definition) is 4. The summed E-state index contributed by atoms with van der Waals surface area (Å²) in [6.45, 7) is 0.143. The molecular formula is C15H12N2O4. The Bertz CT molecular complexity index is 645. The molecule has 21 heavy (non-hydrogen) atoms. The minimum atomic E-state index is -0.486. The van der Waals surface area contributed by atoms with Gasteiger partial charge >= 0.3 is 0 Å². The van der Waals surface area contributed by atoms with Gasteiger partial charge in [-0.25, -0.2) is 0 Å². The van der Waals surface area contributed by atoms with Crippen molar-refractivity contribution in [1.29, 1.82) is 0 Å². The Morgan fingerprint density at radius 1 is 1.00 bits per heavy atom. The first kappa shape index (κ1) is 13.2. The van der Waals surface area contributed by atoms with Crippen LogP contribution in [0.15, 0.2) is 48.6 Å². The van der Waals surface area contributed by atoms with Gasteiger partial charge in [-0.3, -0.25) is 24.6 Å².